The average molecular weight is 418 g/mol. The van der Waals surface area contributed by atoms with Gasteiger partial charge in [0, 0.05) is 30.9 Å². The van der Waals surface area contributed by atoms with Crippen molar-refractivity contribution in [3.05, 3.63) is 82.9 Å². The van der Waals surface area contributed by atoms with Crippen molar-refractivity contribution in [2.24, 2.45) is 0 Å². The van der Waals surface area contributed by atoms with Gasteiger partial charge in [-0.2, -0.15) is 5.10 Å². The van der Waals surface area contributed by atoms with Gasteiger partial charge in [-0.15, -0.1) is 11.3 Å². The number of aromatic amines is 1. The normalized spacial score (nSPS) is 16.3. The number of aromatic nitrogens is 5. The van der Waals surface area contributed by atoms with Gasteiger partial charge in [0.05, 0.1) is 39.5 Å². The minimum atomic E-state index is -0.409. The van der Waals surface area contributed by atoms with Crippen LogP contribution in [0, 0.1) is 5.82 Å². The number of carbonyl (C=O) groups is 1. The lowest BCUT2D eigenvalue weighted by Crippen LogP contribution is -2.40. The number of H-pyrrole nitrogens is 1. The summed E-state index contributed by atoms with van der Waals surface area (Å²) in [6.45, 7) is 0.501. The summed E-state index contributed by atoms with van der Waals surface area (Å²) in [6, 6.07) is 10.1. The first-order chi connectivity index (χ1) is 14.7. The molecule has 1 aromatic carbocycles. The fourth-order valence-electron chi connectivity index (χ4n) is 4.03. The van der Waals surface area contributed by atoms with E-state index in [0.717, 1.165) is 26.6 Å². The Morgan fingerprint density at radius 2 is 2.17 bits per heavy atom. The van der Waals surface area contributed by atoms with Gasteiger partial charge in [-0.1, -0.05) is 12.1 Å². The Morgan fingerprint density at radius 3 is 3.07 bits per heavy atom. The van der Waals surface area contributed by atoms with Crippen molar-refractivity contribution < 1.29 is 9.18 Å². The van der Waals surface area contributed by atoms with Gasteiger partial charge < -0.3 is 9.88 Å². The van der Waals surface area contributed by atoms with E-state index in [1.165, 1.54) is 29.0 Å². The predicted octanol–water partition coefficient (Wildman–Crippen LogP) is 3.59. The Bertz CT molecular complexity index is 1390. The molecule has 9 heteroatoms. The smallest absolute Gasteiger partial charge is 0.258 e. The summed E-state index contributed by atoms with van der Waals surface area (Å²) in [5.41, 5.74) is 3.51. The van der Waals surface area contributed by atoms with E-state index in [0.29, 0.717) is 24.0 Å². The summed E-state index contributed by atoms with van der Waals surface area (Å²) in [6.07, 6.45) is 5.32. The van der Waals surface area contributed by atoms with Crippen molar-refractivity contribution in [3.63, 3.8) is 0 Å². The summed E-state index contributed by atoms with van der Waals surface area (Å²) < 4.78 is 16.4. The lowest BCUT2D eigenvalue weighted by molar-refractivity contribution is 0.0692. The highest BCUT2D eigenvalue weighted by atomic mass is 32.1. The zero-order chi connectivity index (χ0) is 20.2. The van der Waals surface area contributed by atoms with Crippen LogP contribution in [0.4, 0.5) is 4.39 Å². The van der Waals surface area contributed by atoms with Crippen molar-refractivity contribution in [3.8, 4) is 0 Å². The minimum Gasteiger partial charge on any atom is -0.348 e. The zero-order valence-corrected chi connectivity index (χ0v) is 16.4. The molecule has 1 amide bonds. The van der Waals surface area contributed by atoms with Crippen LogP contribution in [0.15, 0.2) is 55.1 Å². The molecule has 0 fully saturated rings. The Hall–Kier alpha value is -3.59. The van der Waals surface area contributed by atoms with Gasteiger partial charge in [0.2, 0.25) is 0 Å². The fraction of sp³-hybridized carbons (Fsp3) is 0.143. The second-order valence-electron chi connectivity index (χ2n) is 7.17. The predicted molar refractivity (Wildman–Crippen MR) is 110 cm³/mol. The van der Waals surface area contributed by atoms with Crippen molar-refractivity contribution >= 4 is 33.0 Å². The number of benzene rings is 1. The molecular weight excluding hydrogens is 403 g/mol. The van der Waals surface area contributed by atoms with Gasteiger partial charge in [-0.25, -0.2) is 18.9 Å². The number of hydrogen-bond acceptors (Lipinski definition) is 5. The van der Waals surface area contributed by atoms with Gasteiger partial charge >= 0.3 is 0 Å². The molecule has 148 valence electrons. The summed E-state index contributed by atoms with van der Waals surface area (Å²) in [7, 11) is 0. The number of hydrogen-bond donors (Lipinski definition) is 1. The second-order valence-corrected chi connectivity index (χ2v) is 8.23. The highest BCUT2D eigenvalue weighted by Gasteiger charge is 2.37. The first-order valence-electron chi connectivity index (χ1n) is 9.50. The lowest BCUT2D eigenvalue weighted by Gasteiger charge is -2.33. The van der Waals surface area contributed by atoms with Crippen LogP contribution in [0.2, 0.25) is 0 Å². The Morgan fingerprint density at radius 1 is 1.27 bits per heavy atom. The van der Waals surface area contributed by atoms with Crippen molar-refractivity contribution in [1.82, 2.24) is 29.5 Å². The molecule has 0 radical (unpaired) electrons. The standard InChI is InChI=1S/C21H15FN6OS/c22-12-5-8-28-16(9-12)13(10-25-28)21(29)27-7-6-15-18(24-11-23-15)19(27)20-26-14-3-1-2-4-17(14)30-20/h1-5,8-11,19H,6-7H2,(H,23,24)/t19-/m0/s1. The Kier molecular flexibility index (Phi) is 3.72. The third kappa shape index (κ3) is 2.55. The van der Waals surface area contributed by atoms with Gasteiger partial charge in [0.25, 0.3) is 5.91 Å². The number of amides is 1. The molecule has 1 N–H and O–H groups in total. The molecule has 0 unspecified atom stereocenters. The monoisotopic (exact) mass is 418 g/mol. The Labute approximate surface area is 173 Å². The molecule has 5 aromatic rings. The number of pyridine rings is 1. The maximum atomic E-state index is 13.8. The minimum absolute atomic E-state index is 0.214. The summed E-state index contributed by atoms with van der Waals surface area (Å²) >= 11 is 1.56. The molecule has 0 aliphatic carbocycles. The number of rotatable bonds is 2. The molecule has 7 nitrogen and oxygen atoms in total. The number of nitrogens with one attached hydrogen (secondary N) is 1. The maximum Gasteiger partial charge on any atom is 0.258 e. The first-order valence-corrected chi connectivity index (χ1v) is 10.3. The molecule has 1 aliphatic heterocycles. The number of thiazole rings is 1. The van der Waals surface area contributed by atoms with Crippen LogP contribution in [0.5, 0.6) is 0 Å². The van der Waals surface area contributed by atoms with Crippen molar-refractivity contribution in [2.45, 2.75) is 12.5 Å². The van der Waals surface area contributed by atoms with Gasteiger partial charge in [0.1, 0.15) is 16.9 Å². The van der Waals surface area contributed by atoms with Crippen LogP contribution in [-0.2, 0) is 6.42 Å². The van der Waals surface area contributed by atoms with Crippen LogP contribution in [-0.4, -0.2) is 41.9 Å². The zero-order valence-electron chi connectivity index (χ0n) is 15.6. The van der Waals surface area contributed by atoms with Gasteiger partial charge in [0.15, 0.2) is 0 Å². The largest absolute Gasteiger partial charge is 0.348 e. The van der Waals surface area contributed by atoms with Crippen LogP contribution in [0.1, 0.15) is 32.8 Å². The third-order valence-electron chi connectivity index (χ3n) is 5.44. The SMILES string of the molecule is O=C(c1cnn2ccc(F)cc12)N1CCc2[nH]cnc2[C@H]1c1nc2ccccc2s1. The van der Waals surface area contributed by atoms with Crippen molar-refractivity contribution in [2.75, 3.05) is 6.54 Å². The van der Waals surface area contributed by atoms with E-state index in [1.807, 2.05) is 24.3 Å². The molecule has 5 heterocycles. The number of fused-ring (bicyclic) bond motifs is 3. The van der Waals surface area contributed by atoms with E-state index in [9.17, 15) is 9.18 Å². The third-order valence-corrected chi connectivity index (χ3v) is 6.53. The van der Waals surface area contributed by atoms with Gasteiger partial charge in [-0.05, 0) is 18.2 Å². The summed E-state index contributed by atoms with van der Waals surface area (Å²) in [5.74, 6) is -0.624. The van der Waals surface area contributed by atoms with Gasteiger partial charge in [-0.3, -0.25) is 4.79 Å². The molecule has 0 bridgehead atoms. The first kappa shape index (κ1) is 17.3. The van der Waals surface area contributed by atoms with Crippen molar-refractivity contribution in [1.29, 1.82) is 0 Å². The fourth-order valence-corrected chi connectivity index (χ4v) is 5.11. The molecule has 0 saturated heterocycles. The number of nitrogens with zero attached hydrogens (tertiary/aromatic N) is 5. The topological polar surface area (TPSA) is 79.2 Å². The maximum absolute atomic E-state index is 13.8. The highest BCUT2D eigenvalue weighted by molar-refractivity contribution is 7.18. The molecule has 1 atom stereocenters. The molecule has 30 heavy (non-hydrogen) atoms. The van der Waals surface area contributed by atoms with E-state index in [1.54, 1.807) is 22.6 Å². The summed E-state index contributed by atoms with van der Waals surface area (Å²) in [5, 5.41) is 5.02. The Balaban J connectivity index is 1.49. The molecule has 6 rings (SSSR count). The molecular formula is C21H15FN6OS. The second kappa shape index (κ2) is 6.46. The van der Waals surface area contributed by atoms with E-state index >= 15 is 0 Å². The van der Waals surface area contributed by atoms with E-state index in [2.05, 4.69) is 15.1 Å². The van der Waals surface area contributed by atoms with Crippen LogP contribution < -0.4 is 0 Å². The lowest BCUT2D eigenvalue weighted by atomic mass is 10.0. The number of imidazole rings is 1. The quantitative estimate of drug-likeness (QED) is 0.475. The molecule has 4 aromatic heterocycles. The van der Waals surface area contributed by atoms with Crippen LogP contribution >= 0.6 is 11.3 Å². The molecule has 0 spiro atoms. The molecule has 1 aliphatic rings. The van der Waals surface area contributed by atoms with E-state index < -0.39 is 11.9 Å². The highest BCUT2D eigenvalue weighted by Crippen LogP contribution is 2.38. The van der Waals surface area contributed by atoms with Crippen LogP contribution in [0.3, 0.4) is 0 Å². The number of carbonyl (C=O) groups excluding carboxylic acids is 1. The van der Waals surface area contributed by atoms with E-state index in [-0.39, 0.29) is 5.91 Å². The molecule has 0 saturated carbocycles. The average Bonchev–Trinajstić information content (AvgIpc) is 3.49. The summed E-state index contributed by atoms with van der Waals surface area (Å²) in [4.78, 5) is 27.9. The van der Waals surface area contributed by atoms with E-state index in [4.69, 9.17) is 4.98 Å². The number of halogens is 1. The number of para-hydroxylation sites is 1. The van der Waals surface area contributed by atoms with Crippen LogP contribution in [0.25, 0.3) is 15.7 Å².